The predicted octanol–water partition coefficient (Wildman–Crippen LogP) is 2.40. The van der Waals surface area contributed by atoms with Gasteiger partial charge in [0, 0.05) is 6.54 Å². The molecule has 0 spiro atoms. The van der Waals surface area contributed by atoms with Gasteiger partial charge in [-0.05, 0) is 32.1 Å². The molecule has 0 bridgehead atoms. The Morgan fingerprint density at radius 2 is 1.89 bits per heavy atom. The van der Waals surface area contributed by atoms with Gasteiger partial charge in [-0.3, -0.25) is 0 Å². The quantitative estimate of drug-likeness (QED) is 0.837. The summed E-state index contributed by atoms with van der Waals surface area (Å²) in [6, 6.07) is 0. The topological polar surface area (TPSA) is 72.2 Å². The van der Waals surface area contributed by atoms with E-state index < -0.39 is 10.0 Å². The highest BCUT2D eigenvalue weighted by Gasteiger charge is 2.23. The molecule has 1 aromatic heterocycles. The third kappa shape index (κ3) is 4.10. The average molecular weight is 274 g/mol. The van der Waals surface area contributed by atoms with Crippen molar-refractivity contribution < 1.29 is 12.9 Å². The second-order valence-corrected chi connectivity index (χ2v) is 7.42. The lowest BCUT2D eigenvalue weighted by molar-refractivity contribution is 0.365. The smallest absolute Gasteiger partial charge is 0.245 e. The van der Waals surface area contributed by atoms with E-state index in [0.29, 0.717) is 18.0 Å². The van der Waals surface area contributed by atoms with Crippen LogP contribution in [0.15, 0.2) is 9.42 Å². The molecule has 0 atom stereocenters. The first-order valence-electron chi connectivity index (χ1n) is 6.06. The molecule has 0 aliphatic carbocycles. The molecule has 1 aromatic rings. The molecule has 0 aliphatic rings. The number of aryl methyl sites for hydroxylation is 2. The standard InChI is InChI=1S/C12H22N2O3S/c1-9-11(10(2)17-14-9)18(15,16)13-8-6-7-12(3,4)5/h13H,6-8H2,1-5H3. The van der Waals surface area contributed by atoms with Crippen LogP contribution in [0, 0.1) is 19.3 Å². The zero-order valence-corrected chi connectivity index (χ0v) is 12.5. The molecule has 0 unspecified atom stereocenters. The molecule has 0 aromatic carbocycles. The predicted molar refractivity (Wildman–Crippen MR) is 69.9 cm³/mol. The minimum absolute atomic E-state index is 0.165. The number of nitrogens with zero attached hydrogens (tertiary/aromatic N) is 1. The fourth-order valence-electron chi connectivity index (χ4n) is 1.76. The van der Waals surface area contributed by atoms with Gasteiger partial charge >= 0.3 is 0 Å². The molecule has 6 heteroatoms. The van der Waals surface area contributed by atoms with Crippen LogP contribution in [0.5, 0.6) is 0 Å². The number of sulfonamides is 1. The van der Waals surface area contributed by atoms with Crippen LogP contribution >= 0.6 is 0 Å². The summed E-state index contributed by atoms with van der Waals surface area (Å²) < 4.78 is 31.6. The van der Waals surface area contributed by atoms with E-state index in [9.17, 15) is 8.42 Å². The van der Waals surface area contributed by atoms with E-state index in [1.807, 2.05) is 0 Å². The van der Waals surface area contributed by atoms with Crippen molar-refractivity contribution in [3.8, 4) is 0 Å². The number of rotatable bonds is 5. The summed E-state index contributed by atoms with van der Waals surface area (Å²) in [5.74, 6) is 0.329. The minimum Gasteiger partial charge on any atom is -0.360 e. The van der Waals surface area contributed by atoms with Gasteiger partial charge in [-0.2, -0.15) is 0 Å². The Labute approximate surface area is 109 Å². The number of hydrogen-bond donors (Lipinski definition) is 1. The van der Waals surface area contributed by atoms with Crippen LogP contribution in [0.25, 0.3) is 0 Å². The van der Waals surface area contributed by atoms with Crippen LogP contribution < -0.4 is 4.72 Å². The van der Waals surface area contributed by atoms with Crippen molar-refractivity contribution >= 4 is 10.0 Å². The Morgan fingerprint density at radius 3 is 2.33 bits per heavy atom. The first kappa shape index (κ1) is 15.2. The molecule has 0 aliphatic heterocycles. The van der Waals surface area contributed by atoms with E-state index in [1.54, 1.807) is 13.8 Å². The average Bonchev–Trinajstić information content (AvgIpc) is 2.52. The number of aromatic nitrogens is 1. The van der Waals surface area contributed by atoms with E-state index in [0.717, 1.165) is 12.8 Å². The Hall–Kier alpha value is -0.880. The van der Waals surface area contributed by atoms with Gasteiger partial charge in [-0.1, -0.05) is 25.9 Å². The van der Waals surface area contributed by atoms with Gasteiger partial charge in [0.05, 0.1) is 0 Å². The highest BCUT2D eigenvalue weighted by atomic mass is 32.2. The molecule has 0 saturated carbocycles. The van der Waals surface area contributed by atoms with Gasteiger partial charge in [-0.25, -0.2) is 13.1 Å². The van der Waals surface area contributed by atoms with E-state index in [1.165, 1.54) is 0 Å². The zero-order chi connectivity index (χ0) is 14.0. The van der Waals surface area contributed by atoms with Crippen LogP contribution in [0.1, 0.15) is 45.1 Å². The highest BCUT2D eigenvalue weighted by Crippen LogP contribution is 2.21. The van der Waals surface area contributed by atoms with Crippen molar-refractivity contribution in [2.24, 2.45) is 5.41 Å². The zero-order valence-electron chi connectivity index (χ0n) is 11.7. The van der Waals surface area contributed by atoms with Crippen molar-refractivity contribution in [1.29, 1.82) is 0 Å². The first-order valence-corrected chi connectivity index (χ1v) is 7.54. The van der Waals surface area contributed by atoms with Crippen molar-refractivity contribution in [3.05, 3.63) is 11.5 Å². The third-order valence-electron chi connectivity index (χ3n) is 2.63. The Bertz CT molecular complexity index is 478. The maximum Gasteiger partial charge on any atom is 0.245 e. The number of nitrogens with one attached hydrogen (secondary N) is 1. The summed E-state index contributed by atoms with van der Waals surface area (Å²) in [6.45, 7) is 10.1. The molecule has 1 heterocycles. The molecule has 0 radical (unpaired) electrons. The van der Waals surface area contributed by atoms with Gasteiger partial charge in [0.2, 0.25) is 10.0 Å². The highest BCUT2D eigenvalue weighted by molar-refractivity contribution is 7.89. The van der Waals surface area contributed by atoms with Gasteiger partial charge in [0.1, 0.15) is 10.6 Å². The Morgan fingerprint density at radius 1 is 1.28 bits per heavy atom. The summed E-state index contributed by atoms with van der Waals surface area (Å²) >= 11 is 0. The van der Waals surface area contributed by atoms with E-state index in [-0.39, 0.29) is 10.3 Å². The molecule has 104 valence electrons. The van der Waals surface area contributed by atoms with Crippen LogP contribution in [-0.2, 0) is 10.0 Å². The van der Waals surface area contributed by atoms with Crippen LogP contribution in [0.4, 0.5) is 0 Å². The second kappa shape index (κ2) is 5.40. The van der Waals surface area contributed by atoms with Crippen molar-refractivity contribution in [2.45, 2.75) is 52.4 Å². The lowest BCUT2D eigenvalue weighted by atomic mass is 9.91. The fraction of sp³-hybridized carbons (Fsp3) is 0.750. The largest absolute Gasteiger partial charge is 0.360 e. The molecule has 18 heavy (non-hydrogen) atoms. The maximum atomic E-state index is 12.0. The first-order chi connectivity index (χ1) is 8.13. The molecule has 5 nitrogen and oxygen atoms in total. The Balaban J connectivity index is 2.62. The van der Waals surface area contributed by atoms with Crippen LogP contribution in [0.3, 0.4) is 0 Å². The van der Waals surface area contributed by atoms with Crippen molar-refractivity contribution in [3.63, 3.8) is 0 Å². The third-order valence-corrected chi connectivity index (χ3v) is 4.34. The van der Waals surface area contributed by atoms with Gasteiger partial charge in [0.15, 0.2) is 5.76 Å². The van der Waals surface area contributed by atoms with E-state index >= 15 is 0 Å². The minimum atomic E-state index is -3.50. The second-order valence-electron chi connectivity index (χ2n) is 5.72. The fourth-order valence-corrected chi connectivity index (χ4v) is 3.15. The monoisotopic (exact) mass is 274 g/mol. The molecule has 1 N–H and O–H groups in total. The summed E-state index contributed by atoms with van der Waals surface area (Å²) in [5, 5.41) is 3.66. The lowest BCUT2D eigenvalue weighted by Gasteiger charge is -2.17. The normalized spacial score (nSPS) is 12.9. The molecular formula is C12H22N2O3S. The van der Waals surface area contributed by atoms with Crippen molar-refractivity contribution in [1.82, 2.24) is 9.88 Å². The molecule has 0 amide bonds. The van der Waals surface area contributed by atoms with Crippen LogP contribution in [0.2, 0.25) is 0 Å². The molecule has 1 rings (SSSR count). The maximum absolute atomic E-state index is 12.0. The van der Waals surface area contributed by atoms with Crippen LogP contribution in [-0.4, -0.2) is 20.1 Å². The van der Waals surface area contributed by atoms with E-state index in [4.69, 9.17) is 4.52 Å². The van der Waals surface area contributed by atoms with Gasteiger partial charge in [-0.15, -0.1) is 0 Å². The number of hydrogen-bond acceptors (Lipinski definition) is 4. The summed E-state index contributed by atoms with van der Waals surface area (Å²) in [5.41, 5.74) is 0.616. The molecular weight excluding hydrogens is 252 g/mol. The SMILES string of the molecule is Cc1noc(C)c1S(=O)(=O)NCCCC(C)(C)C. The summed E-state index contributed by atoms with van der Waals surface area (Å²) in [6.07, 6.45) is 1.78. The molecule has 0 fully saturated rings. The Kier molecular flexibility index (Phi) is 4.55. The molecule has 0 saturated heterocycles. The van der Waals surface area contributed by atoms with Gasteiger partial charge in [0.25, 0.3) is 0 Å². The van der Waals surface area contributed by atoms with Crippen molar-refractivity contribution in [2.75, 3.05) is 6.54 Å². The summed E-state index contributed by atoms with van der Waals surface area (Å²) in [7, 11) is -3.50. The summed E-state index contributed by atoms with van der Waals surface area (Å²) in [4.78, 5) is 0.165. The van der Waals surface area contributed by atoms with Gasteiger partial charge < -0.3 is 4.52 Å². The lowest BCUT2D eigenvalue weighted by Crippen LogP contribution is -2.26. The van der Waals surface area contributed by atoms with E-state index in [2.05, 4.69) is 30.6 Å².